The fraction of sp³-hybridized carbons (Fsp3) is 0.476. The Labute approximate surface area is 150 Å². The summed E-state index contributed by atoms with van der Waals surface area (Å²) in [6.45, 7) is 8.70. The molecule has 3 rings (SSSR count). The Balaban J connectivity index is 1.83. The van der Waals surface area contributed by atoms with E-state index in [1.807, 2.05) is 17.0 Å². The standard InChI is InChI=1S/C21H29N3O/c1-15-13-20(21(25)23-11-9-18(14-22)10-12-23)17(3)24(15)16(2)19-7-5-4-6-8-19/h4-8,13,16,18H,9-12,14,22H2,1-3H3. The highest BCUT2D eigenvalue weighted by Crippen LogP contribution is 2.27. The van der Waals surface area contributed by atoms with Crippen LogP contribution in [0.2, 0.25) is 0 Å². The third kappa shape index (κ3) is 3.49. The molecule has 0 saturated carbocycles. The van der Waals surface area contributed by atoms with Gasteiger partial charge >= 0.3 is 0 Å². The Morgan fingerprint density at radius 1 is 1.20 bits per heavy atom. The molecule has 1 aliphatic rings. The van der Waals surface area contributed by atoms with Crippen molar-refractivity contribution in [3.05, 3.63) is 58.9 Å². The number of aromatic nitrogens is 1. The Kier molecular flexibility index (Phi) is 5.28. The molecule has 1 aromatic heterocycles. The number of aryl methyl sites for hydroxylation is 1. The molecule has 0 spiro atoms. The van der Waals surface area contributed by atoms with Gasteiger partial charge < -0.3 is 15.2 Å². The van der Waals surface area contributed by atoms with E-state index in [1.54, 1.807) is 0 Å². The lowest BCUT2D eigenvalue weighted by molar-refractivity contribution is 0.0692. The van der Waals surface area contributed by atoms with E-state index in [9.17, 15) is 4.79 Å². The fourth-order valence-corrected chi connectivity index (χ4v) is 4.01. The summed E-state index contributed by atoms with van der Waals surface area (Å²) in [5.41, 5.74) is 10.0. The van der Waals surface area contributed by atoms with Gasteiger partial charge in [0.15, 0.2) is 0 Å². The van der Waals surface area contributed by atoms with Gasteiger partial charge in [0, 0.05) is 24.5 Å². The van der Waals surface area contributed by atoms with Gasteiger partial charge in [0.05, 0.1) is 11.6 Å². The molecule has 1 atom stereocenters. The average molecular weight is 339 g/mol. The van der Waals surface area contributed by atoms with Crippen molar-refractivity contribution in [3.8, 4) is 0 Å². The zero-order valence-electron chi connectivity index (χ0n) is 15.5. The van der Waals surface area contributed by atoms with E-state index in [2.05, 4.69) is 49.6 Å². The molecule has 4 nitrogen and oxygen atoms in total. The maximum absolute atomic E-state index is 13.0. The summed E-state index contributed by atoms with van der Waals surface area (Å²) in [5.74, 6) is 0.727. The molecule has 4 heteroatoms. The normalized spacial score (nSPS) is 16.9. The zero-order chi connectivity index (χ0) is 18.0. The number of hydrogen-bond donors (Lipinski definition) is 1. The molecule has 25 heavy (non-hydrogen) atoms. The van der Waals surface area contributed by atoms with E-state index in [0.29, 0.717) is 5.92 Å². The van der Waals surface area contributed by atoms with E-state index < -0.39 is 0 Å². The van der Waals surface area contributed by atoms with Crippen LogP contribution in [-0.2, 0) is 0 Å². The molecule has 2 N–H and O–H groups in total. The van der Waals surface area contributed by atoms with Gasteiger partial charge in [-0.1, -0.05) is 30.3 Å². The second kappa shape index (κ2) is 7.44. The number of carbonyl (C=O) groups excluding carboxylic acids is 1. The molecule has 0 radical (unpaired) electrons. The van der Waals surface area contributed by atoms with Crippen LogP contribution in [0.15, 0.2) is 36.4 Å². The predicted octanol–water partition coefficient (Wildman–Crippen LogP) is 3.53. The Bertz CT molecular complexity index is 727. The highest BCUT2D eigenvalue weighted by molar-refractivity contribution is 5.95. The van der Waals surface area contributed by atoms with E-state index in [4.69, 9.17) is 5.73 Å². The summed E-state index contributed by atoms with van der Waals surface area (Å²) in [7, 11) is 0. The molecular formula is C21H29N3O. The predicted molar refractivity (Wildman–Crippen MR) is 102 cm³/mol. The van der Waals surface area contributed by atoms with Gasteiger partial charge in [-0.25, -0.2) is 0 Å². The van der Waals surface area contributed by atoms with Crippen molar-refractivity contribution >= 4 is 5.91 Å². The molecule has 134 valence electrons. The minimum Gasteiger partial charge on any atom is -0.341 e. The van der Waals surface area contributed by atoms with Crippen LogP contribution in [0.3, 0.4) is 0 Å². The summed E-state index contributed by atoms with van der Waals surface area (Å²) >= 11 is 0. The lowest BCUT2D eigenvalue weighted by Gasteiger charge is -2.31. The second-order valence-corrected chi connectivity index (χ2v) is 7.21. The lowest BCUT2D eigenvalue weighted by Crippen LogP contribution is -2.40. The van der Waals surface area contributed by atoms with Crippen LogP contribution in [0.5, 0.6) is 0 Å². The van der Waals surface area contributed by atoms with Crippen LogP contribution in [-0.4, -0.2) is 35.0 Å². The van der Waals surface area contributed by atoms with Crippen LogP contribution in [0, 0.1) is 19.8 Å². The van der Waals surface area contributed by atoms with E-state index in [-0.39, 0.29) is 11.9 Å². The first kappa shape index (κ1) is 17.7. The first-order chi connectivity index (χ1) is 12.0. The van der Waals surface area contributed by atoms with Gasteiger partial charge in [-0.3, -0.25) is 4.79 Å². The maximum atomic E-state index is 13.0. The number of likely N-dealkylation sites (tertiary alicyclic amines) is 1. The largest absolute Gasteiger partial charge is 0.341 e. The van der Waals surface area contributed by atoms with Crippen LogP contribution in [0.4, 0.5) is 0 Å². The third-order valence-electron chi connectivity index (χ3n) is 5.62. The van der Waals surface area contributed by atoms with E-state index in [0.717, 1.165) is 49.4 Å². The van der Waals surface area contributed by atoms with Crippen molar-refractivity contribution in [2.75, 3.05) is 19.6 Å². The molecule has 1 amide bonds. The summed E-state index contributed by atoms with van der Waals surface area (Å²) in [6.07, 6.45) is 2.03. The number of benzene rings is 1. The van der Waals surface area contributed by atoms with E-state index >= 15 is 0 Å². The van der Waals surface area contributed by atoms with Gasteiger partial charge in [0.2, 0.25) is 0 Å². The number of piperidine rings is 1. The average Bonchev–Trinajstić information content (AvgIpc) is 2.95. The van der Waals surface area contributed by atoms with Crippen molar-refractivity contribution in [1.29, 1.82) is 0 Å². The summed E-state index contributed by atoms with van der Waals surface area (Å²) < 4.78 is 2.27. The molecule has 1 saturated heterocycles. The van der Waals surface area contributed by atoms with Crippen molar-refractivity contribution in [3.63, 3.8) is 0 Å². The molecule has 2 heterocycles. The minimum atomic E-state index is 0.162. The lowest BCUT2D eigenvalue weighted by atomic mass is 9.96. The third-order valence-corrected chi connectivity index (χ3v) is 5.62. The minimum absolute atomic E-state index is 0.162. The van der Waals surface area contributed by atoms with Gasteiger partial charge in [0.25, 0.3) is 5.91 Å². The summed E-state index contributed by atoms with van der Waals surface area (Å²) in [6, 6.07) is 12.7. The highest BCUT2D eigenvalue weighted by Gasteiger charge is 2.26. The van der Waals surface area contributed by atoms with Crippen molar-refractivity contribution in [1.82, 2.24) is 9.47 Å². The number of amides is 1. The topological polar surface area (TPSA) is 51.3 Å². The monoisotopic (exact) mass is 339 g/mol. The summed E-state index contributed by atoms with van der Waals surface area (Å²) in [5, 5.41) is 0. The van der Waals surface area contributed by atoms with Crippen LogP contribution >= 0.6 is 0 Å². The van der Waals surface area contributed by atoms with E-state index in [1.165, 1.54) is 5.56 Å². The highest BCUT2D eigenvalue weighted by atomic mass is 16.2. The molecule has 1 aromatic carbocycles. The Morgan fingerprint density at radius 3 is 2.44 bits per heavy atom. The first-order valence-corrected chi connectivity index (χ1v) is 9.25. The van der Waals surface area contributed by atoms with Crippen LogP contribution in [0.25, 0.3) is 0 Å². The second-order valence-electron chi connectivity index (χ2n) is 7.21. The molecule has 2 aromatic rings. The zero-order valence-corrected chi connectivity index (χ0v) is 15.5. The van der Waals surface area contributed by atoms with Gasteiger partial charge in [-0.2, -0.15) is 0 Å². The number of nitrogens with two attached hydrogens (primary N) is 1. The molecule has 1 aliphatic heterocycles. The molecular weight excluding hydrogens is 310 g/mol. The SMILES string of the molecule is Cc1cc(C(=O)N2CCC(CN)CC2)c(C)n1C(C)c1ccccc1. The van der Waals surface area contributed by atoms with Crippen molar-refractivity contribution < 1.29 is 4.79 Å². The van der Waals surface area contributed by atoms with Crippen molar-refractivity contribution in [2.45, 2.75) is 39.7 Å². The van der Waals surface area contributed by atoms with Crippen LogP contribution in [0.1, 0.15) is 53.1 Å². The fourth-order valence-electron chi connectivity index (χ4n) is 4.01. The number of rotatable bonds is 4. The van der Waals surface area contributed by atoms with Gasteiger partial charge in [-0.15, -0.1) is 0 Å². The van der Waals surface area contributed by atoms with Gasteiger partial charge in [0.1, 0.15) is 0 Å². The first-order valence-electron chi connectivity index (χ1n) is 9.25. The van der Waals surface area contributed by atoms with Gasteiger partial charge in [-0.05, 0) is 57.7 Å². The maximum Gasteiger partial charge on any atom is 0.255 e. The Hall–Kier alpha value is -2.07. The number of nitrogens with zero attached hydrogens (tertiary/aromatic N) is 2. The molecule has 1 fully saturated rings. The number of hydrogen-bond acceptors (Lipinski definition) is 2. The molecule has 1 unspecified atom stereocenters. The van der Waals surface area contributed by atoms with Crippen LogP contribution < -0.4 is 5.73 Å². The Morgan fingerprint density at radius 2 is 1.84 bits per heavy atom. The molecule has 0 bridgehead atoms. The molecule has 0 aliphatic carbocycles. The summed E-state index contributed by atoms with van der Waals surface area (Å²) in [4.78, 5) is 15.0. The van der Waals surface area contributed by atoms with Crippen molar-refractivity contribution in [2.24, 2.45) is 11.7 Å². The quantitative estimate of drug-likeness (QED) is 0.926. The number of carbonyl (C=O) groups is 1. The smallest absolute Gasteiger partial charge is 0.255 e.